The lowest BCUT2D eigenvalue weighted by Gasteiger charge is -2.17. The highest BCUT2D eigenvalue weighted by Gasteiger charge is 2.24. The van der Waals surface area contributed by atoms with E-state index < -0.39 is 0 Å². The van der Waals surface area contributed by atoms with Crippen LogP contribution in [0.4, 0.5) is 4.39 Å². The third kappa shape index (κ3) is 4.58. The Morgan fingerprint density at radius 3 is 2.38 bits per heavy atom. The molecule has 4 nitrogen and oxygen atoms in total. The van der Waals surface area contributed by atoms with Crippen molar-refractivity contribution in [2.45, 2.75) is 19.4 Å². The van der Waals surface area contributed by atoms with E-state index in [0.717, 1.165) is 38.9 Å². The van der Waals surface area contributed by atoms with Crippen LogP contribution in [-0.4, -0.2) is 20.8 Å². The predicted octanol–water partition coefficient (Wildman–Crippen LogP) is 5.32. The molecule has 0 aliphatic carbocycles. The molecule has 164 valence electrons. The molecule has 1 unspecified atom stereocenters. The summed E-state index contributed by atoms with van der Waals surface area (Å²) in [6, 6.07) is 22.6. The van der Waals surface area contributed by atoms with Crippen molar-refractivity contribution < 1.29 is 23.4 Å². The summed E-state index contributed by atoms with van der Waals surface area (Å²) in [4.78, 5) is 5.68. The van der Waals surface area contributed by atoms with Crippen molar-refractivity contribution in [2.24, 2.45) is 0 Å². The number of nitrogens with zero attached hydrogens (tertiary/aromatic N) is 1. The summed E-state index contributed by atoms with van der Waals surface area (Å²) in [5.74, 6) is 0.596. The number of aromatic nitrogens is 1. The molecule has 0 aliphatic rings. The van der Waals surface area contributed by atoms with Crippen molar-refractivity contribution in [1.82, 2.24) is 0 Å². The normalized spacial score (nSPS) is 12.0. The Labute approximate surface area is 187 Å². The second-order valence-corrected chi connectivity index (χ2v) is 7.78. The number of halogens is 1. The maximum absolute atomic E-state index is 13.6. The Balaban J connectivity index is 1.83. The molecule has 0 spiro atoms. The fourth-order valence-corrected chi connectivity index (χ4v) is 3.95. The van der Waals surface area contributed by atoms with Crippen molar-refractivity contribution >= 4 is 10.9 Å². The number of benzene rings is 3. The molecule has 4 rings (SSSR count). The number of pyridine rings is 1. The van der Waals surface area contributed by atoms with E-state index in [1.54, 1.807) is 19.0 Å². The molecular weight excluding hydrogens is 405 g/mol. The van der Waals surface area contributed by atoms with Crippen molar-refractivity contribution in [3.05, 3.63) is 95.9 Å². The average molecular weight is 433 g/mol. The number of hydrogen-bond donors (Lipinski definition) is 0. The van der Waals surface area contributed by atoms with Gasteiger partial charge in [-0.25, -0.2) is 4.39 Å². The van der Waals surface area contributed by atoms with E-state index in [1.165, 1.54) is 12.1 Å². The van der Waals surface area contributed by atoms with Gasteiger partial charge in [0.2, 0.25) is 6.20 Å². The minimum Gasteiger partial charge on any atom is -0.489 e. The molecule has 0 saturated heterocycles. The summed E-state index contributed by atoms with van der Waals surface area (Å²) < 4.78 is 26.8. The van der Waals surface area contributed by atoms with E-state index in [1.807, 2.05) is 66.9 Å². The third-order valence-electron chi connectivity index (χ3n) is 5.55. The van der Waals surface area contributed by atoms with Crippen molar-refractivity contribution in [1.29, 1.82) is 0 Å². The number of rotatable bonds is 8. The Bertz CT molecular complexity index is 1190. The van der Waals surface area contributed by atoms with Crippen LogP contribution in [0.15, 0.2) is 79.0 Å². The van der Waals surface area contributed by atoms with Crippen LogP contribution in [0, 0.1) is 5.82 Å². The Kier molecular flexibility index (Phi) is 6.66. The number of ether oxygens (including phenoxy) is 2. The number of hydrogen-bond acceptors (Lipinski definition) is 3. The molecule has 0 amide bonds. The first-order valence-corrected chi connectivity index (χ1v) is 10.6. The molecule has 1 atom stereocenters. The molecule has 5 heteroatoms. The van der Waals surface area contributed by atoms with Gasteiger partial charge in [0.15, 0.2) is 0 Å². The summed E-state index contributed by atoms with van der Waals surface area (Å²) in [5.41, 5.74) is 5.00. The molecule has 0 bridgehead atoms. The van der Waals surface area contributed by atoms with Crippen LogP contribution in [0.3, 0.4) is 0 Å². The monoisotopic (exact) mass is 432 g/mol. The van der Waals surface area contributed by atoms with Crippen LogP contribution < -0.4 is 14.3 Å². The quantitative estimate of drug-likeness (QED) is 0.353. The van der Waals surface area contributed by atoms with Crippen molar-refractivity contribution in [3.63, 3.8) is 0 Å². The highest BCUT2D eigenvalue weighted by atomic mass is 19.1. The summed E-state index contributed by atoms with van der Waals surface area (Å²) in [6.07, 6.45) is 1.98. The maximum atomic E-state index is 13.6. The van der Waals surface area contributed by atoms with E-state index in [4.69, 9.17) is 14.3 Å². The second kappa shape index (κ2) is 9.79. The highest BCUT2D eigenvalue weighted by molar-refractivity contribution is 5.95. The van der Waals surface area contributed by atoms with Crippen molar-refractivity contribution in [3.8, 4) is 16.9 Å². The van der Waals surface area contributed by atoms with E-state index in [9.17, 15) is 4.39 Å². The lowest BCUT2D eigenvalue weighted by Crippen LogP contribution is -2.42. The van der Waals surface area contributed by atoms with Gasteiger partial charge in [-0.15, -0.1) is 0 Å². The van der Waals surface area contributed by atoms with Crippen LogP contribution >= 0.6 is 0 Å². The molecule has 1 aromatic heterocycles. The lowest BCUT2D eigenvalue weighted by atomic mass is 9.90. The standard InChI is InChI=1S/C27H27FNO3/c1-19(17-30-2)25-16-29(31-3)26-15-23(32-18-20-7-5-4-6-8-20)13-14-24(26)27(25)21-9-11-22(28)12-10-21/h4-16,19H,17-18H2,1-3H3/q+1. The Hall–Kier alpha value is -3.44. The van der Waals surface area contributed by atoms with Crippen LogP contribution in [0.2, 0.25) is 0 Å². The van der Waals surface area contributed by atoms with Gasteiger partial charge in [0, 0.05) is 28.9 Å². The first-order valence-electron chi connectivity index (χ1n) is 10.6. The van der Waals surface area contributed by atoms with Gasteiger partial charge in [-0.2, -0.15) is 0 Å². The molecule has 0 N–H and O–H groups in total. The number of fused-ring (bicyclic) bond motifs is 1. The molecule has 0 saturated carbocycles. The van der Waals surface area contributed by atoms with Gasteiger partial charge < -0.3 is 9.47 Å². The third-order valence-corrected chi connectivity index (χ3v) is 5.55. The molecule has 4 aromatic rings. The highest BCUT2D eigenvalue weighted by Crippen LogP contribution is 2.36. The van der Waals surface area contributed by atoms with E-state index >= 15 is 0 Å². The molecular formula is C27H27FNO3+. The minimum absolute atomic E-state index is 0.111. The molecule has 0 radical (unpaired) electrons. The lowest BCUT2D eigenvalue weighted by molar-refractivity contribution is -0.865. The Morgan fingerprint density at radius 2 is 1.69 bits per heavy atom. The van der Waals surface area contributed by atoms with E-state index in [-0.39, 0.29) is 11.7 Å². The molecule has 3 aromatic carbocycles. The SMILES string of the molecule is COCC(C)c1c[n+](OC)c2cc(OCc3ccccc3)ccc2c1-c1ccc(F)cc1. The molecule has 0 fully saturated rings. The zero-order chi connectivity index (χ0) is 22.5. The maximum Gasteiger partial charge on any atom is 0.268 e. The van der Waals surface area contributed by atoms with Gasteiger partial charge in [0.05, 0.1) is 18.1 Å². The van der Waals surface area contributed by atoms with Gasteiger partial charge in [0.1, 0.15) is 25.3 Å². The molecule has 32 heavy (non-hydrogen) atoms. The zero-order valence-electron chi connectivity index (χ0n) is 18.5. The van der Waals surface area contributed by atoms with Gasteiger partial charge in [-0.05, 0) is 35.4 Å². The number of methoxy groups -OCH3 is 1. The van der Waals surface area contributed by atoms with Gasteiger partial charge in [-0.3, -0.25) is 4.84 Å². The summed E-state index contributed by atoms with van der Waals surface area (Å²) >= 11 is 0. The average Bonchev–Trinajstić information content (AvgIpc) is 2.83. The Morgan fingerprint density at radius 1 is 0.938 bits per heavy atom. The van der Waals surface area contributed by atoms with Crippen molar-refractivity contribution in [2.75, 3.05) is 20.8 Å². The van der Waals surface area contributed by atoms with Gasteiger partial charge >= 0.3 is 0 Å². The van der Waals surface area contributed by atoms with Crippen LogP contribution in [-0.2, 0) is 11.3 Å². The summed E-state index contributed by atoms with van der Waals surface area (Å²) in [7, 11) is 3.33. The zero-order valence-corrected chi connectivity index (χ0v) is 18.5. The molecule has 0 aliphatic heterocycles. The topological polar surface area (TPSA) is 31.6 Å². The first kappa shape index (κ1) is 21.8. The minimum atomic E-state index is -0.260. The summed E-state index contributed by atoms with van der Waals surface area (Å²) in [6.45, 7) is 3.14. The predicted molar refractivity (Wildman–Crippen MR) is 123 cm³/mol. The summed E-state index contributed by atoms with van der Waals surface area (Å²) in [5, 5.41) is 0.992. The van der Waals surface area contributed by atoms with E-state index in [2.05, 4.69) is 6.92 Å². The first-order chi connectivity index (χ1) is 15.6. The fraction of sp³-hybridized carbons (Fsp3) is 0.222. The van der Waals surface area contributed by atoms with E-state index in [0.29, 0.717) is 13.2 Å². The van der Waals surface area contributed by atoms with Crippen LogP contribution in [0.5, 0.6) is 5.75 Å². The fourth-order valence-electron chi connectivity index (χ4n) is 3.95. The van der Waals surface area contributed by atoms with Crippen LogP contribution in [0.25, 0.3) is 22.0 Å². The second-order valence-electron chi connectivity index (χ2n) is 7.78. The van der Waals surface area contributed by atoms with Gasteiger partial charge in [-0.1, -0.05) is 49.4 Å². The largest absolute Gasteiger partial charge is 0.489 e. The molecule has 1 heterocycles. The van der Waals surface area contributed by atoms with Crippen LogP contribution in [0.1, 0.15) is 24.0 Å². The smallest absolute Gasteiger partial charge is 0.268 e. The van der Waals surface area contributed by atoms with Gasteiger partial charge in [0.25, 0.3) is 5.52 Å².